The van der Waals surface area contributed by atoms with E-state index in [-0.39, 0.29) is 11.7 Å². The third-order valence-electron chi connectivity index (χ3n) is 6.62. The lowest BCUT2D eigenvalue weighted by Crippen LogP contribution is -2.52. The summed E-state index contributed by atoms with van der Waals surface area (Å²) in [6.07, 6.45) is 3.36. The number of hydrogen-bond acceptors (Lipinski definition) is 3. The van der Waals surface area contributed by atoms with E-state index >= 15 is 0 Å². The summed E-state index contributed by atoms with van der Waals surface area (Å²) in [6, 6.07) is 22.8. The van der Waals surface area contributed by atoms with Crippen LogP contribution >= 0.6 is 22.9 Å². The van der Waals surface area contributed by atoms with Crippen LogP contribution in [0.2, 0.25) is 5.02 Å². The van der Waals surface area contributed by atoms with Crippen LogP contribution in [-0.4, -0.2) is 36.3 Å². The molecular formula is C28H25ClNO2S+. The Hall–Kier alpha value is -2.79. The zero-order chi connectivity index (χ0) is 23.0. The van der Waals surface area contributed by atoms with Gasteiger partial charge in [0.1, 0.15) is 0 Å². The molecule has 0 unspecified atom stereocenters. The van der Waals surface area contributed by atoms with Gasteiger partial charge in [-0.05, 0) is 55.2 Å². The van der Waals surface area contributed by atoms with Crippen molar-refractivity contribution in [2.45, 2.75) is 19.3 Å². The molecule has 0 radical (unpaired) electrons. The number of carbonyl (C=O) groups excluding carboxylic acids is 2. The first kappa shape index (κ1) is 22.0. The lowest BCUT2D eigenvalue weighted by atomic mass is 9.96. The van der Waals surface area contributed by atoms with Gasteiger partial charge in [-0.15, -0.1) is 11.3 Å². The number of ketones is 1. The molecule has 0 bridgehead atoms. The quantitative estimate of drug-likeness (QED) is 0.231. The molecule has 0 N–H and O–H groups in total. The Kier molecular flexibility index (Phi) is 5.92. The van der Waals surface area contributed by atoms with Crippen LogP contribution < -0.4 is 0 Å². The highest BCUT2D eigenvalue weighted by atomic mass is 35.5. The smallest absolute Gasteiger partial charge is 0.289 e. The van der Waals surface area contributed by atoms with Crippen LogP contribution in [0.1, 0.15) is 45.5 Å². The number of piperidine rings is 1. The third kappa shape index (κ3) is 4.15. The molecule has 3 nitrogen and oxygen atoms in total. The normalized spacial score (nSPS) is 15.5. The molecule has 0 atom stereocenters. The van der Waals surface area contributed by atoms with Crippen LogP contribution in [0.5, 0.6) is 0 Å². The van der Waals surface area contributed by atoms with Crippen molar-refractivity contribution in [2.75, 3.05) is 20.1 Å². The summed E-state index contributed by atoms with van der Waals surface area (Å²) in [4.78, 5) is 27.8. The summed E-state index contributed by atoms with van der Waals surface area (Å²) in [5.74, 6) is 0.103. The van der Waals surface area contributed by atoms with Crippen LogP contribution in [0, 0.1) is 0 Å². The Labute approximate surface area is 202 Å². The standard InChI is InChI=1S/C28H25ClNO2S/c1-30(17-5-2-6-18-30)28(32)21-11-9-19(10-12-21)26(31)25-23-7-3-4-8-24(23)33-27(25)20-13-15-22(29)16-14-20/h3-4,7-16H,2,5-6,17-18H2,1H3/q+1. The molecule has 1 aliphatic rings. The van der Waals surface area contributed by atoms with E-state index < -0.39 is 0 Å². The Morgan fingerprint density at radius 2 is 1.45 bits per heavy atom. The summed E-state index contributed by atoms with van der Waals surface area (Å²) >= 11 is 7.70. The number of benzene rings is 3. The second-order valence-corrected chi connectivity index (χ2v) is 10.4. The largest absolute Gasteiger partial charge is 0.345 e. The first-order valence-corrected chi connectivity index (χ1v) is 12.5. The summed E-state index contributed by atoms with van der Waals surface area (Å²) in [7, 11) is 2.02. The molecule has 0 spiro atoms. The number of thiophene rings is 1. The Bertz CT molecular complexity index is 1330. The predicted octanol–water partition coefficient (Wildman–Crippen LogP) is 7.22. The van der Waals surface area contributed by atoms with E-state index in [4.69, 9.17) is 11.6 Å². The van der Waals surface area contributed by atoms with Gasteiger partial charge >= 0.3 is 5.91 Å². The first-order chi connectivity index (χ1) is 16.0. The predicted molar refractivity (Wildman–Crippen MR) is 136 cm³/mol. The fourth-order valence-electron chi connectivity index (χ4n) is 4.71. The zero-order valence-corrected chi connectivity index (χ0v) is 20.1. The molecule has 1 aliphatic heterocycles. The Balaban J connectivity index is 1.52. The molecule has 0 saturated carbocycles. The van der Waals surface area contributed by atoms with E-state index in [1.165, 1.54) is 6.42 Å². The second kappa shape index (κ2) is 8.86. The van der Waals surface area contributed by atoms with Crippen molar-refractivity contribution in [1.29, 1.82) is 0 Å². The average Bonchev–Trinajstić information content (AvgIpc) is 3.24. The van der Waals surface area contributed by atoms with Crippen molar-refractivity contribution in [1.82, 2.24) is 0 Å². The van der Waals surface area contributed by atoms with Gasteiger partial charge in [-0.3, -0.25) is 9.28 Å². The number of fused-ring (bicyclic) bond motifs is 1. The molecule has 1 aromatic heterocycles. The average molecular weight is 475 g/mol. The molecule has 1 amide bonds. The molecule has 4 aromatic rings. The number of halogens is 1. The molecular weight excluding hydrogens is 450 g/mol. The number of nitrogens with zero attached hydrogens (tertiary/aromatic N) is 1. The molecule has 2 heterocycles. The van der Waals surface area contributed by atoms with E-state index in [1.54, 1.807) is 23.5 Å². The Morgan fingerprint density at radius 1 is 0.818 bits per heavy atom. The maximum absolute atomic E-state index is 13.7. The minimum Gasteiger partial charge on any atom is -0.289 e. The summed E-state index contributed by atoms with van der Waals surface area (Å²) in [5, 5.41) is 1.61. The summed E-state index contributed by atoms with van der Waals surface area (Å²) < 4.78 is 1.52. The highest BCUT2D eigenvalue weighted by Gasteiger charge is 2.34. The van der Waals surface area contributed by atoms with Crippen LogP contribution in [0.15, 0.2) is 72.8 Å². The monoisotopic (exact) mass is 474 g/mol. The number of likely N-dealkylation sites (tertiary alicyclic amines) is 1. The van der Waals surface area contributed by atoms with Crippen molar-refractivity contribution >= 4 is 44.7 Å². The number of hydrogen-bond donors (Lipinski definition) is 0. The van der Waals surface area contributed by atoms with E-state index in [0.717, 1.165) is 46.5 Å². The van der Waals surface area contributed by atoms with Crippen molar-refractivity contribution in [3.8, 4) is 10.4 Å². The van der Waals surface area contributed by atoms with Gasteiger partial charge in [0.2, 0.25) is 0 Å². The van der Waals surface area contributed by atoms with Gasteiger partial charge in [-0.2, -0.15) is 0 Å². The van der Waals surface area contributed by atoms with Gasteiger partial charge in [0.25, 0.3) is 0 Å². The molecule has 3 aromatic carbocycles. The van der Waals surface area contributed by atoms with Crippen molar-refractivity contribution in [2.24, 2.45) is 0 Å². The highest BCUT2D eigenvalue weighted by Crippen LogP contribution is 2.40. The summed E-state index contributed by atoms with van der Waals surface area (Å²) in [5.41, 5.74) is 2.93. The fourth-order valence-corrected chi connectivity index (χ4v) is 6.04. The first-order valence-electron chi connectivity index (χ1n) is 11.3. The van der Waals surface area contributed by atoms with Crippen molar-refractivity contribution in [3.63, 3.8) is 0 Å². The van der Waals surface area contributed by atoms with Crippen LogP contribution in [0.3, 0.4) is 0 Å². The molecule has 33 heavy (non-hydrogen) atoms. The van der Waals surface area contributed by atoms with Gasteiger partial charge in [-0.25, -0.2) is 4.79 Å². The third-order valence-corrected chi connectivity index (χ3v) is 8.09. The minimum absolute atomic E-state index is 0.0326. The number of rotatable bonds is 4. The lowest BCUT2D eigenvalue weighted by molar-refractivity contribution is -0.834. The van der Waals surface area contributed by atoms with E-state index in [2.05, 4.69) is 0 Å². The van der Waals surface area contributed by atoms with Crippen LogP contribution in [0.25, 0.3) is 20.5 Å². The van der Waals surface area contributed by atoms with Crippen LogP contribution in [0.4, 0.5) is 0 Å². The van der Waals surface area contributed by atoms with Gasteiger partial charge in [0.05, 0.1) is 25.7 Å². The van der Waals surface area contributed by atoms with Gasteiger partial charge in [-0.1, -0.05) is 54.1 Å². The maximum Gasteiger partial charge on any atom is 0.345 e. The van der Waals surface area contributed by atoms with Crippen molar-refractivity contribution < 1.29 is 14.1 Å². The van der Waals surface area contributed by atoms with E-state index in [0.29, 0.717) is 26.2 Å². The molecule has 5 rings (SSSR count). The Morgan fingerprint density at radius 3 is 2.15 bits per heavy atom. The molecule has 166 valence electrons. The lowest BCUT2D eigenvalue weighted by Gasteiger charge is -2.34. The van der Waals surface area contributed by atoms with Crippen LogP contribution in [-0.2, 0) is 0 Å². The SMILES string of the molecule is C[N+]1(C(=O)c2ccc(C(=O)c3c(-c4ccc(Cl)cc4)sc4ccccc34)cc2)CCCCC1. The molecule has 5 heteroatoms. The topological polar surface area (TPSA) is 34.1 Å². The number of amides is 1. The minimum atomic E-state index is -0.0326. The summed E-state index contributed by atoms with van der Waals surface area (Å²) in [6.45, 7) is 1.76. The highest BCUT2D eigenvalue weighted by molar-refractivity contribution is 7.22. The molecule has 0 aliphatic carbocycles. The number of carbonyl (C=O) groups is 2. The van der Waals surface area contributed by atoms with Gasteiger partial charge in [0.15, 0.2) is 5.78 Å². The fraction of sp³-hybridized carbons (Fsp3) is 0.214. The van der Waals surface area contributed by atoms with E-state index in [9.17, 15) is 9.59 Å². The van der Waals surface area contributed by atoms with Gasteiger partial charge in [0, 0.05) is 31.1 Å². The van der Waals surface area contributed by atoms with E-state index in [1.807, 2.05) is 67.7 Å². The number of quaternary nitrogens is 1. The zero-order valence-electron chi connectivity index (χ0n) is 18.5. The van der Waals surface area contributed by atoms with Gasteiger partial charge < -0.3 is 0 Å². The van der Waals surface area contributed by atoms with Crippen molar-refractivity contribution in [3.05, 3.63) is 94.5 Å². The molecule has 1 saturated heterocycles. The second-order valence-electron chi connectivity index (χ2n) is 8.92. The maximum atomic E-state index is 13.7. The molecule has 1 fully saturated rings.